The molecule has 0 fully saturated rings. The lowest BCUT2D eigenvalue weighted by Gasteiger charge is -2.53. The maximum atomic E-state index is 12.4. The Kier molecular flexibility index (Phi) is 30.1. The third kappa shape index (κ3) is 19.0. The molecule has 0 radical (unpaired) electrons. The molecule has 0 aliphatic rings. The fraction of sp³-hybridized carbons (Fsp3) is 0.919. The molecule has 4 heteroatoms. The highest BCUT2D eigenvalue weighted by molar-refractivity contribution is 7.19. The van der Waals surface area contributed by atoms with Gasteiger partial charge in [-0.05, 0) is 37.8 Å². The number of rotatable bonds is 30. The Labute approximate surface area is 267 Å². The van der Waals surface area contributed by atoms with Crippen molar-refractivity contribution in [2.24, 2.45) is 5.41 Å². The molecule has 0 saturated carbocycles. The normalized spacial score (nSPS) is 13.8. The first-order valence-electron chi connectivity index (χ1n) is 18.0. The van der Waals surface area contributed by atoms with Crippen LogP contribution in [0, 0.1) is 5.41 Å². The minimum Gasteiger partial charge on any atom is -0.459 e. The molecular formula is C37H74ClO2P. The van der Waals surface area contributed by atoms with Crippen LogP contribution in [0.2, 0.25) is 0 Å². The highest BCUT2D eigenvalue weighted by atomic mass is 35.5. The summed E-state index contributed by atoms with van der Waals surface area (Å²) in [6, 6.07) is 0. The maximum absolute atomic E-state index is 12.4. The van der Waals surface area contributed by atoms with Crippen LogP contribution in [0.4, 0.5) is 0 Å². The first kappa shape index (κ1) is 43.1. The smallest absolute Gasteiger partial charge is 0.330 e. The molecule has 0 aliphatic heterocycles. The SMILES string of the molecule is C=CC(=O)OC(C)C(CCCC)(CCCCCCCCCCCCCCCCCC)C(P)(CCCC)CCCC.Cl. The van der Waals surface area contributed by atoms with E-state index in [1.165, 1.54) is 160 Å². The Bertz CT molecular complexity index is 587. The van der Waals surface area contributed by atoms with E-state index in [1.807, 2.05) is 0 Å². The summed E-state index contributed by atoms with van der Waals surface area (Å²) in [4.78, 5) is 12.4. The van der Waals surface area contributed by atoms with E-state index in [-0.39, 0.29) is 35.1 Å². The molecule has 0 heterocycles. The second-order valence-electron chi connectivity index (χ2n) is 13.0. The van der Waals surface area contributed by atoms with Gasteiger partial charge in [-0.25, -0.2) is 4.79 Å². The van der Waals surface area contributed by atoms with E-state index in [0.717, 1.165) is 12.8 Å². The molecule has 0 saturated heterocycles. The Balaban J connectivity index is 0. The number of ether oxygens (including phenoxy) is 1. The summed E-state index contributed by atoms with van der Waals surface area (Å²) in [5, 5.41) is 0.116. The van der Waals surface area contributed by atoms with Gasteiger partial charge in [0.15, 0.2) is 0 Å². The third-order valence-corrected chi connectivity index (χ3v) is 10.8. The van der Waals surface area contributed by atoms with Crippen molar-refractivity contribution in [1.82, 2.24) is 0 Å². The third-order valence-electron chi connectivity index (χ3n) is 9.64. The number of carbonyl (C=O) groups is 1. The molecule has 0 aromatic heterocycles. The van der Waals surface area contributed by atoms with Crippen LogP contribution in [0.3, 0.4) is 0 Å². The quantitative estimate of drug-likeness (QED) is 0.0347. The minimum atomic E-state index is -0.265. The Hall–Kier alpha value is -0.0700. The van der Waals surface area contributed by atoms with Crippen LogP contribution in [0.25, 0.3) is 0 Å². The van der Waals surface area contributed by atoms with Crippen LogP contribution < -0.4 is 0 Å². The standard InChI is InChI=1S/C37H73O2P.ClH/c1-7-12-16-17-18-19-20-21-22-23-24-25-26-27-28-29-31-36(30-13-8-2,34(6)39-35(38)11-5)37(40,32-14-9-3)33-15-10-4;/h11,34H,5,7-10,12-33,40H2,1-4,6H3;1H. The topological polar surface area (TPSA) is 26.3 Å². The van der Waals surface area contributed by atoms with Crippen molar-refractivity contribution in [3.63, 3.8) is 0 Å². The van der Waals surface area contributed by atoms with E-state index in [4.69, 9.17) is 4.74 Å². The van der Waals surface area contributed by atoms with Gasteiger partial charge in [0.1, 0.15) is 6.10 Å². The zero-order valence-corrected chi connectivity index (χ0v) is 30.5. The summed E-state index contributed by atoms with van der Waals surface area (Å²) in [7, 11) is 3.36. The lowest BCUT2D eigenvalue weighted by Crippen LogP contribution is -2.52. The van der Waals surface area contributed by atoms with Crippen molar-refractivity contribution in [3.05, 3.63) is 12.7 Å². The molecule has 0 spiro atoms. The van der Waals surface area contributed by atoms with Gasteiger partial charge in [-0.3, -0.25) is 0 Å². The molecule has 0 N–H and O–H groups in total. The van der Waals surface area contributed by atoms with Crippen LogP contribution in [-0.4, -0.2) is 17.2 Å². The van der Waals surface area contributed by atoms with Gasteiger partial charge in [0, 0.05) is 11.5 Å². The monoisotopic (exact) mass is 617 g/mol. The van der Waals surface area contributed by atoms with Gasteiger partial charge in [0.25, 0.3) is 0 Å². The first-order chi connectivity index (χ1) is 19.4. The predicted octanol–water partition coefficient (Wildman–Crippen LogP) is 13.3. The van der Waals surface area contributed by atoms with Gasteiger partial charge in [-0.1, -0.05) is 176 Å². The van der Waals surface area contributed by atoms with Gasteiger partial charge >= 0.3 is 5.97 Å². The summed E-state index contributed by atoms with van der Waals surface area (Å²) < 4.78 is 6.08. The Morgan fingerprint density at radius 2 is 0.927 bits per heavy atom. The van der Waals surface area contributed by atoms with Crippen LogP contribution in [-0.2, 0) is 9.53 Å². The van der Waals surface area contributed by atoms with Crippen molar-refractivity contribution in [2.45, 2.75) is 213 Å². The number of unbranched alkanes of at least 4 members (excludes halogenated alkanes) is 18. The van der Waals surface area contributed by atoms with E-state index >= 15 is 0 Å². The molecule has 246 valence electrons. The summed E-state index contributed by atoms with van der Waals surface area (Å²) >= 11 is 0. The number of carbonyl (C=O) groups excluding carboxylic acids is 1. The van der Waals surface area contributed by atoms with Crippen LogP contribution in [0.1, 0.15) is 202 Å². The summed E-state index contributed by atoms with van der Waals surface area (Å²) in [6.45, 7) is 15.1. The molecule has 0 rings (SSSR count). The zero-order chi connectivity index (χ0) is 30.0. The van der Waals surface area contributed by atoms with Crippen molar-refractivity contribution < 1.29 is 9.53 Å². The average Bonchev–Trinajstić information content (AvgIpc) is 2.96. The van der Waals surface area contributed by atoms with E-state index in [0.29, 0.717) is 0 Å². The van der Waals surface area contributed by atoms with Gasteiger partial charge in [-0.15, -0.1) is 21.6 Å². The Morgan fingerprint density at radius 1 is 0.610 bits per heavy atom. The van der Waals surface area contributed by atoms with Crippen LogP contribution >= 0.6 is 21.6 Å². The average molecular weight is 617 g/mol. The molecule has 0 amide bonds. The largest absolute Gasteiger partial charge is 0.459 e. The molecular weight excluding hydrogens is 543 g/mol. The molecule has 3 atom stereocenters. The van der Waals surface area contributed by atoms with Crippen molar-refractivity contribution in [1.29, 1.82) is 0 Å². The van der Waals surface area contributed by atoms with E-state index in [1.54, 1.807) is 0 Å². The van der Waals surface area contributed by atoms with Crippen LogP contribution in [0.5, 0.6) is 0 Å². The minimum absolute atomic E-state index is 0. The lowest BCUT2D eigenvalue weighted by atomic mass is 9.61. The van der Waals surface area contributed by atoms with Gasteiger partial charge in [0.2, 0.25) is 0 Å². The molecule has 3 unspecified atom stereocenters. The molecule has 0 bridgehead atoms. The van der Waals surface area contributed by atoms with E-state index in [2.05, 4.69) is 50.4 Å². The highest BCUT2D eigenvalue weighted by Gasteiger charge is 2.51. The highest BCUT2D eigenvalue weighted by Crippen LogP contribution is 2.55. The maximum Gasteiger partial charge on any atom is 0.330 e. The van der Waals surface area contributed by atoms with E-state index in [9.17, 15) is 4.79 Å². The van der Waals surface area contributed by atoms with Crippen molar-refractivity contribution in [3.8, 4) is 0 Å². The Morgan fingerprint density at radius 3 is 1.29 bits per heavy atom. The number of esters is 1. The number of halogens is 1. The van der Waals surface area contributed by atoms with Gasteiger partial charge in [0.05, 0.1) is 0 Å². The number of hydrogen-bond donors (Lipinski definition) is 0. The second-order valence-corrected chi connectivity index (χ2v) is 14.1. The van der Waals surface area contributed by atoms with Crippen molar-refractivity contribution >= 4 is 27.6 Å². The van der Waals surface area contributed by atoms with Gasteiger partial charge in [-0.2, -0.15) is 0 Å². The van der Waals surface area contributed by atoms with Gasteiger partial charge < -0.3 is 4.74 Å². The second kappa shape index (κ2) is 28.7. The molecule has 0 aliphatic carbocycles. The fourth-order valence-electron chi connectivity index (χ4n) is 6.86. The molecule has 41 heavy (non-hydrogen) atoms. The fourth-order valence-corrected chi connectivity index (χ4v) is 7.79. The summed E-state index contributed by atoms with van der Waals surface area (Å²) in [5.41, 5.74) is 0.00663. The molecule has 2 nitrogen and oxygen atoms in total. The summed E-state index contributed by atoms with van der Waals surface area (Å²) in [6.07, 6.45) is 35.6. The number of hydrogen-bond acceptors (Lipinski definition) is 2. The van der Waals surface area contributed by atoms with E-state index < -0.39 is 0 Å². The molecule has 0 aromatic rings. The van der Waals surface area contributed by atoms with Crippen LogP contribution in [0.15, 0.2) is 12.7 Å². The first-order valence-corrected chi connectivity index (χ1v) is 18.6. The predicted molar refractivity (Wildman–Crippen MR) is 191 cm³/mol. The summed E-state index contributed by atoms with van der Waals surface area (Å²) in [5.74, 6) is -0.265. The van der Waals surface area contributed by atoms with Crippen molar-refractivity contribution in [2.75, 3.05) is 0 Å². The lowest BCUT2D eigenvalue weighted by molar-refractivity contribution is -0.152. The molecule has 0 aromatic carbocycles. The zero-order valence-electron chi connectivity index (χ0n) is 28.5.